The van der Waals surface area contributed by atoms with E-state index in [9.17, 15) is 0 Å². The van der Waals surface area contributed by atoms with Gasteiger partial charge in [-0.25, -0.2) is 0 Å². The Morgan fingerprint density at radius 1 is 1.47 bits per heavy atom. The predicted molar refractivity (Wildman–Crippen MR) is 78.1 cm³/mol. The largest absolute Gasteiger partial charge is 0.338 e. The minimum Gasteiger partial charge on any atom is -0.338 e. The van der Waals surface area contributed by atoms with Gasteiger partial charge in [0, 0.05) is 6.54 Å². The second-order valence-corrected chi connectivity index (χ2v) is 6.83. The summed E-state index contributed by atoms with van der Waals surface area (Å²) in [5.41, 5.74) is 6.17. The number of hydrogen-bond donors (Lipinski definition) is 1. The second-order valence-electron chi connectivity index (χ2n) is 5.23. The topological polar surface area (TPSA) is 68.2 Å². The summed E-state index contributed by atoms with van der Waals surface area (Å²) >= 11 is 1.90. The molecule has 0 radical (unpaired) electrons. The van der Waals surface area contributed by atoms with Crippen molar-refractivity contribution >= 4 is 11.8 Å². The van der Waals surface area contributed by atoms with Crippen LogP contribution in [0.4, 0.5) is 0 Å². The van der Waals surface area contributed by atoms with Crippen LogP contribution < -0.4 is 5.73 Å². The van der Waals surface area contributed by atoms with Gasteiger partial charge in [-0.15, -0.1) is 11.8 Å². The molecule has 1 aliphatic rings. The van der Waals surface area contributed by atoms with Crippen LogP contribution in [0, 0.1) is 0 Å². The van der Waals surface area contributed by atoms with Crippen molar-refractivity contribution in [2.24, 2.45) is 5.73 Å². The summed E-state index contributed by atoms with van der Waals surface area (Å²) in [5.74, 6) is 2.54. The Hall–Kier alpha value is -0.590. The third-order valence-electron chi connectivity index (χ3n) is 3.79. The second kappa shape index (κ2) is 6.24. The van der Waals surface area contributed by atoms with Crippen LogP contribution in [-0.2, 0) is 4.75 Å². The van der Waals surface area contributed by atoms with Gasteiger partial charge in [0.2, 0.25) is 5.89 Å². The van der Waals surface area contributed by atoms with Crippen LogP contribution in [0.5, 0.6) is 0 Å². The van der Waals surface area contributed by atoms with Crippen molar-refractivity contribution in [3.8, 4) is 0 Å². The van der Waals surface area contributed by atoms with Crippen molar-refractivity contribution in [2.75, 3.05) is 25.4 Å². The zero-order valence-corrected chi connectivity index (χ0v) is 12.9. The maximum Gasteiger partial charge on any atom is 0.242 e. The van der Waals surface area contributed by atoms with Gasteiger partial charge in [-0.05, 0) is 38.6 Å². The third kappa shape index (κ3) is 3.30. The van der Waals surface area contributed by atoms with Gasteiger partial charge in [0.15, 0.2) is 5.82 Å². The average molecular weight is 284 g/mol. The molecule has 6 heteroatoms. The molecule has 1 aromatic rings. The first-order valence-corrected chi connectivity index (χ1v) is 8.03. The molecule has 1 saturated heterocycles. The van der Waals surface area contributed by atoms with Gasteiger partial charge in [-0.3, -0.25) is 0 Å². The molecule has 2 N–H and O–H groups in total. The number of thioether (sulfide) groups is 1. The molecule has 108 valence electrons. The van der Waals surface area contributed by atoms with Crippen LogP contribution in [0.2, 0.25) is 0 Å². The number of rotatable bonds is 6. The molecule has 0 aliphatic carbocycles. The Morgan fingerprint density at radius 3 is 2.79 bits per heavy atom. The fourth-order valence-corrected chi connectivity index (χ4v) is 3.62. The fraction of sp³-hybridized carbons (Fsp3) is 0.846. The standard InChI is InChI=1S/C13H24N4OS/c1-4-17(5-2)9-10(14)11-15-12(18-16-11)13(3)7-6-8-19-13/h10H,4-9,14H2,1-3H3. The van der Waals surface area contributed by atoms with Crippen LogP contribution in [0.3, 0.4) is 0 Å². The van der Waals surface area contributed by atoms with Crippen LogP contribution in [-0.4, -0.2) is 40.4 Å². The lowest BCUT2D eigenvalue weighted by atomic mass is 10.1. The van der Waals surface area contributed by atoms with Crippen LogP contribution in [0.1, 0.15) is 51.4 Å². The van der Waals surface area contributed by atoms with Crippen molar-refractivity contribution in [1.29, 1.82) is 0 Å². The zero-order valence-electron chi connectivity index (χ0n) is 12.1. The molecule has 1 aliphatic heterocycles. The van der Waals surface area contributed by atoms with E-state index in [-0.39, 0.29) is 10.8 Å². The lowest BCUT2D eigenvalue weighted by Crippen LogP contribution is -2.32. The first-order chi connectivity index (χ1) is 9.09. The normalized spacial score (nSPS) is 25.1. The first kappa shape index (κ1) is 14.8. The van der Waals surface area contributed by atoms with E-state index in [1.807, 2.05) is 11.8 Å². The quantitative estimate of drug-likeness (QED) is 0.863. The summed E-state index contributed by atoms with van der Waals surface area (Å²) in [6, 6.07) is -0.174. The highest BCUT2D eigenvalue weighted by molar-refractivity contribution is 8.00. The molecule has 2 rings (SSSR count). The highest BCUT2D eigenvalue weighted by Gasteiger charge is 2.37. The monoisotopic (exact) mass is 284 g/mol. The molecule has 1 fully saturated rings. The molecule has 0 aromatic carbocycles. The van der Waals surface area contributed by atoms with E-state index in [1.165, 1.54) is 12.2 Å². The van der Waals surface area contributed by atoms with Crippen LogP contribution in [0.15, 0.2) is 4.52 Å². The highest BCUT2D eigenvalue weighted by Crippen LogP contribution is 2.45. The van der Waals surface area contributed by atoms with E-state index in [2.05, 4.69) is 35.8 Å². The molecular formula is C13H24N4OS. The van der Waals surface area contributed by atoms with E-state index in [0.29, 0.717) is 5.82 Å². The predicted octanol–water partition coefficient (Wildman–Crippen LogP) is 2.15. The lowest BCUT2D eigenvalue weighted by Gasteiger charge is -2.20. The molecule has 0 amide bonds. The smallest absolute Gasteiger partial charge is 0.242 e. The molecule has 2 unspecified atom stereocenters. The number of aromatic nitrogens is 2. The Balaban J connectivity index is 2.04. The summed E-state index contributed by atoms with van der Waals surface area (Å²) < 4.78 is 5.43. The number of hydrogen-bond acceptors (Lipinski definition) is 6. The molecule has 2 heterocycles. The number of nitrogens with two attached hydrogens (primary N) is 1. The first-order valence-electron chi connectivity index (χ1n) is 7.05. The van der Waals surface area contributed by atoms with Gasteiger partial charge in [-0.1, -0.05) is 19.0 Å². The van der Waals surface area contributed by atoms with E-state index < -0.39 is 0 Å². The van der Waals surface area contributed by atoms with Gasteiger partial charge < -0.3 is 15.2 Å². The van der Waals surface area contributed by atoms with Gasteiger partial charge in [0.1, 0.15) is 0 Å². The molecular weight excluding hydrogens is 260 g/mol. The lowest BCUT2D eigenvalue weighted by molar-refractivity contribution is 0.276. The average Bonchev–Trinajstić information content (AvgIpc) is 3.05. The summed E-state index contributed by atoms with van der Waals surface area (Å²) in [4.78, 5) is 6.81. The fourth-order valence-electron chi connectivity index (χ4n) is 2.39. The van der Waals surface area contributed by atoms with E-state index in [1.54, 1.807) is 0 Å². The Kier molecular flexibility index (Phi) is 4.86. The molecule has 2 atom stereocenters. The van der Waals surface area contributed by atoms with E-state index >= 15 is 0 Å². The van der Waals surface area contributed by atoms with Crippen molar-refractivity contribution in [1.82, 2.24) is 15.0 Å². The van der Waals surface area contributed by atoms with Gasteiger partial charge in [0.25, 0.3) is 0 Å². The zero-order chi connectivity index (χ0) is 13.9. The third-order valence-corrected chi connectivity index (χ3v) is 5.30. The van der Waals surface area contributed by atoms with E-state index in [0.717, 1.165) is 31.9 Å². The maximum absolute atomic E-state index is 6.17. The SMILES string of the molecule is CCN(CC)CC(N)c1noc(C2(C)CCCS2)n1. The van der Waals surface area contributed by atoms with Crippen LogP contribution in [0.25, 0.3) is 0 Å². The van der Waals surface area contributed by atoms with Crippen molar-refractivity contribution in [3.05, 3.63) is 11.7 Å². The minimum absolute atomic E-state index is 0.0137. The van der Waals surface area contributed by atoms with Crippen molar-refractivity contribution in [3.63, 3.8) is 0 Å². The summed E-state index contributed by atoms with van der Waals surface area (Å²) in [6.07, 6.45) is 2.31. The summed E-state index contributed by atoms with van der Waals surface area (Å²) in [7, 11) is 0. The number of likely N-dealkylation sites (N-methyl/N-ethyl adjacent to an activating group) is 1. The van der Waals surface area contributed by atoms with Crippen molar-refractivity contribution < 1.29 is 4.52 Å². The molecule has 0 bridgehead atoms. The summed E-state index contributed by atoms with van der Waals surface area (Å²) in [5, 5.41) is 4.08. The van der Waals surface area contributed by atoms with Crippen molar-refractivity contribution in [2.45, 2.75) is 44.4 Å². The van der Waals surface area contributed by atoms with Gasteiger partial charge in [-0.2, -0.15) is 4.98 Å². The van der Waals surface area contributed by atoms with Gasteiger partial charge >= 0.3 is 0 Å². The molecule has 5 nitrogen and oxygen atoms in total. The molecule has 1 aromatic heterocycles. The highest BCUT2D eigenvalue weighted by atomic mass is 32.2. The molecule has 0 spiro atoms. The minimum atomic E-state index is -0.174. The maximum atomic E-state index is 6.17. The molecule has 19 heavy (non-hydrogen) atoms. The molecule has 0 saturated carbocycles. The Bertz CT molecular complexity index is 399. The Labute approximate surface area is 119 Å². The van der Waals surface area contributed by atoms with Crippen LogP contribution >= 0.6 is 11.8 Å². The Morgan fingerprint density at radius 2 is 2.21 bits per heavy atom. The van der Waals surface area contributed by atoms with E-state index in [4.69, 9.17) is 10.3 Å². The van der Waals surface area contributed by atoms with Gasteiger partial charge in [0.05, 0.1) is 10.8 Å². The summed E-state index contributed by atoms with van der Waals surface area (Å²) in [6.45, 7) is 9.20. The number of nitrogens with zero attached hydrogens (tertiary/aromatic N) is 3.